The highest BCUT2D eigenvalue weighted by atomic mass is 16.6. The van der Waals surface area contributed by atoms with Crippen LogP contribution in [-0.4, -0.2) is 33.2 Å². The van der Waals surface area contributed by atoms with Crippen LogP contribution in [0.3, 0.4) is 0 Å². The van der Waals surface area contributed by atoms with Crippen LogP contribution >= 0.6 is 0 Å². The summed E-state index contributed by atoms with van der Waals surface area (Å²) < 4.78 is 4.96. The van der Waals surface area contributed by atoms with Gasteiger partial charge in [-0.05, 0) is 29.8 Å². The van der Waals surface area contributed by atoms with Crippen LogP contribution in [0.1, 0.15) is 21.6 Å². The number of hydrogen-bond acceptors (Lipinski definition) is 6. The molecule has 0 amide bonds. The number of para-hydroxylation sites is 1. The summed E-state index contributed by atoms with van der Waals surface area (Å²) in [6, 6.07) is 10.9. The van der Waals surface area contributed by atoms with E-state index in [0.717, 1.165) is 0 Å². The molecular weight excluding hydrogens is 352 g/mol. The first-order valence-corrected chi connectivity index (χ1v) is 7.77. The van der Waals surface area contributed by atoms with Gasteiger partial charge in [0.25, 0.3) is 0 Å². The number of nitro groups is 1. The number of carboxylic acid groups (broad SMARTS) is 1. The molecule has 27 heavy (non-hydrogen) atoms. The lowest BCUT2D eigenvalue weighted by atomic mass is 10.1. The number of aromatic hydroxyl groups is 1. The number of pyridine rings is 1. The third-order valence-corrected chi connectivity index (χ3v) is 3.91. The van der Waals surface area contributed by atoms with Crippen molar-refractivity contribution in [3.8, 4) is 11.5 Å². The van der Waals surface area contributed by atoms with Gasteiger partial charge in [-0.2, -0.15) is 0 Å². The third kappa shape index (κ3) is 3.54. The monoisotopic (exact) mass is 366 g/mol. The predicted molar refractivity (Wildman–Crippen MR) is 98.9 cm³/mol. The van der Waals surface area contributed by atoms with Gasteiger partial charge in [-0.3, -0.25) is 10.1 Å². The van der Waals surface area contributed by atoms with Crippen molar-refractivity contribution >= 4 is 34.7 Å². The summed E-state index contributed by atoms with van der Waals surface area (Å²) in [4.78, 5) is 26.3. The summed E-state index contributed by atoms with van der Waals surface area (Å²) in [7, 11) is 1.29. The fraction of sp³-hybridized carbons (Fsp3) is 0.0526. The van der Waals surface area contributed by atoms with Crippen molar-refractivity contribution in [2.24, 2.45) is 0 Å². The number of aromatic nitrogens is 1. The molecule has 1 heterocycles. The second-order valence-electron chi connectivity index (χ2n) is 5.60. The number of nitro benzene ring substituents is 1. The molecule has 0 saturated carbocycles. The van der Waals surface area contributed by atoms with Crippen LogP contribution < -0.4 is 4.74 Å². The number of fused-ring (bicyclic) bond motifs is 1. The van der Waals surface area contributed by atoms with Gasteiger partial charge in [0.15, 0.2) is 5.75 Å². The average Bonchev–Trinajstić information content (AvgIpc) is 2.66. The Morgan fingerprint density at radius 2 is 1.96 bits per heavy atom. The second kappa shape index (κ2) is 7.12. The number of carboxylic acids is 1. The largest absolute Gasteiger partial charge is 0.500 e. The zero-order chi connectivity index (χ0) is 19.6. The van der Waals surface area contributed by atoms with E-state index < -0.39 is 22.3 Å². The van der Waals surface area contributed by atoms with Gasteiger partial charge in [0, 0.05) is 11.5 Å². The standard InChI is InChI=1S/C19H14N2O6/c1-27-17-9-11(8-16(18(17)22)21(25)26)6-7-12-10-14(19(23)24)13-4-2-3-5-15(13)20-12/h2-10,22H,1H3,(H,23,24)/b7-6+. The van der Waals surface area contributed by atoms with Gasteiger partial charge < -0.3 is 14.9 Å². The van der Waals surface area contributed by atoms with Crippen molar-refractivity contribution in [2.45, 2.75) is 0 Å². The van der Waals surface area contributed by atoms with Crippen molar-refractivity contribution in [3.05, 3.63) is 69.4 Å². The van der Waals surface area contributed by atoms with Crippen molar-refractivity contribution in [3.63, 3.8) is 0 Å². The maximum atomic E-state index is 11.5. The highest BCUT2D eigenvalue weighted by molar-refractivity contribution is 6.03. The maximum Gasteiger partial charge on any atom is 0.336 e. The number of hydrogen-bond donors (Lipinski definition) is 2. The normalized spacial score (nSPS) is 11.0. The van der Waals surface area contributed by atoms with E-state index in [1.54, 1.807) is 24.3 Å². The van der Waals surface area contributed by atoms with E-state index in [-0.39, 0.29) is 11.3 Å². The number of nitrogens with zero attached hydrogens (tertiary/aromatic N) is 2. The molecule has 0 unspecified atom stereocenters. The molecule has 0 aliphatic heterocycles. The summed E-state index contributed by atoms with van der Waals surface area (Å²) in [5.74, 6) is -1.68. The lowest BCUT2D eigenvalue weighted by molar-refractivity contribution is -0.386. The number of ether oxygens (including phenoxy) is 1. The van der Waals surface area contributed by atoms with Crippen molar-refractivity contribution in [1.29, 1.82) is 0 Å². The van der Waals surface area contributed by atoms with Crippen LogP contribution in [-0.2, 0) is 0 Å². The summed E-state index contributed by atoms with van der Waals surface area (Å²) >= 11 is 0. The van der Waals surface area contributed by atoms with Gasteiger partial charge >= 0.3 is 11.7 Å². The molecule has 8 heteroatoms. The molecule has 0 aliphatic carbocycles. The molecule has 0 radical (unpaired) electrons. The van der Waals surface area contributed by atoms with Gasteiger partial charge in [0.05, 0.1) is 28.8 Å². The molecule has 0 spiro atoms. The Hall–Kier alpha value is -3.94. The molecule has 8 nitrogen and oxygen atoms in total. The molecular formula is C19H14N2O6. The summed E-state index contributed by atoms with van der Waals surface area (Å²) in [5, 5.41) is 30.8. The zero-order valence-corrected chi connectivity index (χ0v) is 14.1. The molecule has 2 N–H and O–H groups in total. The molecule has 0 fully saturated rings. The summed E-state index contributed by atoms with van der Waals surface area (Å²) in [6.07, 6.45) is 3.06. The quantitative estimate of drug-likeness (QED) is 0.521. The fourth-order valence-corrected chi connectivity index (χ4v) is 2.64. The second-order valence-corrected chi connectivity index (χ2v) is 5.60. The number of rotatable bonds is 5. The van der Waals surface area contributed by atoms with E-state index in [0.29, 0.717) is 22.2 Å². The number of methoxy groups -OCH3 is 1. The molecule has 136 valence electrons. The third-order valence-electron chi connectivity index (χ3n) is 3.91. The smallest absolute Gasteiger partial charge is 0.336 e. The lowest BCUT2D eigenvalue weighted by Gasteiger charge is -2.06. The number of carbonyl (C=O) groups is 1. The molecule has 3 aromatic rings. The summed E-state index contributed by atoms with van der Waals surface area (Å²) in [6.45, 7) is 0. The minimum Gasteiger partial charge on any atom is -0.500 e. The van der Waals surface area contributed by atoms with Crippen LogP contribution in [0.4, 0.5) is 5.69 Å². The van der Waals surface area contributed by atoms with Crippen LogP contribution in [0, 0.1) is 10.1 Å². The van der Waals surface area contributed by atoms with E-state index in [2.05, 4.69) is 4.98 Å². The molecule has 0 aliphatic rings. The van der Waals surface area contributed by atoms with E-state index in [1.165, 1.54) is 37.5 Å². The van der Waals surface area contributed by atoms with Gasteiger partial charge in [-0.1, -0.05) is 24.3 Å². The Bertz CT molecular complexity index is 1090. The molecule has 0 atom stereocenters. The van der Waals surface area contributed by atoms with E-state index in [4.69, 9.17) is 4.74 Å². The molecule has 3 rings (SSSR count). The Morgan fingerprint density at radius 1 is 1.22 bits per heavy atom. The van der Waals surface area contributed by atoms with Gasteiger partial charge in [-0.25, -0.2) is 9.78 Å². The van der Waals surface area contributed by atoms with E-state index in [1.807, 2.05) is 0 Å². The minimum absolute atomic E-state index is 0.0402. The Balaban J connectivity index is 2.07. The molecule has 1 aromatic heterocycles. The highest BCUT2D eigenvalue weighted by Gasteiger charge is 2.19. The summed E-state index contributed by atoms with van der Waals surface area (Å²) in [5.41, 5.74) is 0.900. The van der Waals surface area contributed by atoms with Gasteiger partial charge in [0.1, 0.15) is 0 Å². The van der Waals surface area contributed by atoms with E-state index >= 15 is 0 Å². The number of phenols is 1. The number of benzene rings is 2. The van der Waals surface area contributed by atoms with Gasteiger partial charge in [0.2, 0.25) is 5.75 Å². The van der Waals surface area contributed by atoms with Crippen LogP contribution in [0.5, 0.6) is 11.5 Å². The van der Waals surface area contributed by atoms with Crippen LogP contribution in [0.25, 0.3) is 23.1 Å². The fourth-order valence-electron chi connectivity index (χ4n) is 2.64. The van der Waals surface area contributed by atoms with Crippen molar-refractivity contribution < 1.29 is 24.7 Å². The first kappa shape index (κ1) is 17.9. The van der Waals surface area contributed by atoms with Crippen molar-refractivity contribution in [2.75, 3.05) is 7.11 Å². The molecule has 2 aromatic carbocycles. The predicted octanol–water partition coefficient (Wildman–Crippen LogP) is 3.73. The van der Waals surface area contributed by atoms with Crippen LogP contribution in [0.2, 0.25) is 0 Å². The van der Waals surface area contributed by atoms with E-state index in [9.17, 15) is 25.1 Å². The SMILES string of the molecule is COc1cc(/C=C/c2cc(C(=O)O)c3ccccc3n2)cc([N+](=O)[O-])c1O. The topological polar surface area (TPSA) is 123 Å². The average molecular weight is 366 g/mol. The number of aromatic carboxylic acids is 1. The van der Waals surface area contributed by atoms with Crippen molar-refractivity contribution in [1.82, 2.24) is 4.98 Å². The van der Waals surface area contributed by atoms with Crippen LogP contribution in [0.15, 0.2) is 42.5 Å². The first-order chi connectivity index (χ1) is 12.9. The van der Waals surface area contributed by atoms with Gasteiger partial charge in [-0.15, -0.1) is 0 Å². The molecule has 0 saturated heterocycles. The maximum absolute atomic E-state index is 11.5. The Kier molecular flexibility index (Phi) is 4.71. The minimum atomic E-state index is -1.08. The Morgan fingerprint density at radius 3 is 2.63 bits per heavy atom. The molecule has 0 bridgehead atoms. The highest BCUT2D eigenvalue weighted by Crippen LogP contribution is 2.37. The first-order valence-electron chi connectivity index (χ1n) is 7.77. The number of phenolic OH excluding ortho intramolecular Hbond substituents is 1. The zero-order valence-electron chi connectivity index (χ0n) is 14.1. The Labute approximate surface area is 153 Å². The lowest BCUT2D eigenvalue weighted by Crippen LogP contribution is -2.00.